The van der Waals surface area contributed by atoms with Gasteiger partial charge in [0.15, 0.2) is 0 Å². The molecule has 2 amide bonds. The number of aliphatic carboxylic acids is 1. The third-order valence-electron chi connectivity index (χ3n) is 4.17. The predicted molar refractivity (Wildman–Crippen MR) is 75.7 cm³/mol. The van der Waals surface area contributed by atoms with Gasteiger partial charge >= 0.3 is 5.97 Å². The van der Waals surface area contributed by atoms with Crippen molar-refractivity contribution in [3.63, 3.8) is 0 Å². The zero-order valence-corrected chi connectivity index (χ0v) is 12.3. The molecular formula is C14H14ClN3O4. The first kappa shape index (κ1) is 14.8. The second kappa shape index (κ2) is 5.57. The Hall–Kier alpha value is -2.15. The highest BCUT2D eigenvalue weighted by Gasteiger charge is 2.52. The van der Waals surface area contributed by atoms with Gasteiger partial charge in [0.2, 0.25) is 11.8 Å². The number of halogens is 1. The van der Waals surface area contributed by atoms with Crippen molar-refractivity contribution in [1.82, 2.24) is 14.9 Å². The molecule has 1 saturated heterocycles. The summed E-state index contributed by atoms with van der Waals surface area (Å²) < 4.78 is 0. The number of likely N-dealkylation sites (tertiary alicyclic amines) is 1. The number of carboxylic acid groups (broad SMARTS) is 1. The molecule has 1 aliphatic carbocycles. The maximum absolute atomic E-state index is 12.5. The smallest absolute Gasteiger partial charge is 0.327 e. The van der Waals surface area contributed by atoms with Crippen LogP contribution in [0.15, 0.2) is 23.6 Å². The average molecular weight is 324 g/mol. The number of carbonyl (C=O) groups excluding carboxylic acids is 2. The summed E-state index contributed by atoms with van der Waals surface area (Å²) in [7, 11) is 0. The van der Waals surface area contributed by atoms with E-state index < -0.39 is 35.7 Å². The van der Waals surface area contributed by atoms with Crippen LogP contribution < -0.4 is 0 Å². The normalized spacial score (nSPS) is 25.9. The molecule has 3 rings (SSSR count). The van der Waals surface area contributed by atoms with Crippen LogP contribution in [0.3, 0.4) is 0 Å². The molecule has 3 atom stereocenters. The Kier molecular flexibility index (Phi) is 3.74. The molecule has 1 fully saturated rings. The minimum atomic E-state index is -1.23. The molecule has 1 aliphatic heterocycles. The summed E-state index contributed by atoms with van der Waals surface area (Å²) in [5, 5.41) is 9.98. The summed E-state index contributed by atoms with van der Waals surface area (Å²) in [5.74, 6) is -3.14. The Balaban J connectivity index is 1.87. The van der Waals surface area contributed by atoms with Crippen LogP contribution in [-0.4, -0.2) is 43.8 Å². The first-order valence-electron chi connectivity index (χ1n) is 6.90. The number of nitrogens with one attached hydrogen (secondary N) is 1. The fourth-order valence-corrected chi connectivity index (χ4v) is 3.31. The van der Waals surface area contributed by atoms with Crippen molar-refractivity contribution in [1.29, 1.82) is 0 Å². The monoisotopic (exact) mass is 323 g/mol. The van der Waals surface area contributed by atoms with Gasteiger partial charge in [0.1, 0.15) is 6.04 Å². The molecule has 8 heteroatoms. The van der Waals surface area contributed by atoms with Crippen LogP contribution in [0, 0.1) is 11.8 Å². The van der Waals surface area contributed by atoms with Gasteiger partial charge < -0.3 is 10.1 Å². The highest BCUT2D eigenvalue weighted by Crippen LogP contribution is 2.39. The van der Waals surface area contributed by atoms with Crippen LogP contribution in [-0.2, 0) is 20.8 Å². The number of H-pyrrole nitrogens is 1. The number of nitrogens with zero attached hydrogens (tertiary/aromatic N) is 2. The molecule has 3 unspecified atom stereocenters. The minimum absolute atomic E-state index is 0.00736. The van der Waals surface area contributed by atoms with Gasteiger partial charge in [0, 0.05) is 23.3 Å². The van der Waals surface area contributed by atoms with Crippen LogP contribution in [0.5, 0.6) is 0 Å². The number of rotatable bonds is 4. The molecule has 22 heavy (non-hydrogen) atoms. The van der Waals surface area contributed by atoms with Gasteiger partial charge in [-0.05, 0) is 12.8 Å². The second-order valence-corrected chi connectivity index (χ2v) is 5.97. The fraction of sp³-hybridized carbons (Fsp3) is 0.429. The van der Waals surface area contributed by atoms with E-state index >= 15 is 0 Å². The number of carbonyl (C=O) groups is 3. The zero-order valence-electron chi connectivity index (χ0n) is 11.5. The van der Waals surface area contributed by atoms with E-state index in [1.54, 1.807) is 6.08 Å². The number of hydrogen-bond acceptors (Lipinski definition) is 4. The molecule has 7 nitrogen and oxygen atoms in total. The van der Waals surface area contributed by atoms with Crippen LogP contribution in [0.25, 0.3) is 0 Å². The standard InChI is InChI=1S/C14H14ClN3O4/c15-7-1-2-9-10(3-7)13(20)18(12(9)19)11(14(21)22)4-8-5-16-6-17-8/h1,5-6,9-11H,2-4H2,(H,16,17)(H,21,22). The molecule has 0 bridgehead atoms. The van der Waals surface area contributed by atoms with Crippen molar-refractivity contribution < 1.29 is 19.5 Å². The number of aromatic amines is 1. The number of hydrogen-bond donors (Lipinski definition) is 2. The Morgan fingerprint density at radius 1 is 1.45 bits per heavy atom. The van der Waals surface area contributed by atoms with Gasteiger partial charge in [-0.25, -0.2) is 9.78 Å². The van der Waals surface area contributed by atoms with Gasteiger partial charge in [0.25, 0.3) is 0 Å². The van der Waals surface area contributed by atoms with Crippen LogP contribution in [0.2, 0.25) is 0 Å². The first-order valence-corrected chi connectivity index (χ1v) is 7.28. The Morgan fingerprint density at radius 2 is 2.18 bits per heavy atom. The van der Waals surface area contributed by atoms with E-state index in [2.05, 4.69) is 9.97 Å². The van der Waals surface area contributed by atoms with Gasteiger partial charge in [-0.15, -0.1) is 0 Å². The highest BCUT2D eigenvalue weighted by atomic mass is 35.5. The van der Waals surface area contributed by atoms with Crippen molar-refractivity contribution in [3.05, 3.63) is 29.3 Å². The number of amides is 2. The lowest BCUT2D eigenvalue weighted by Crippen LogP contribution is -2.46. The van der Waals surface area contributed by atoms with E-state index in [1.165, 1.54) is 12.5 Å². The molecule has 0 aromatic carbocycles. The van der Waals surface area contributed by atoms with Crippen molar-refractivity contribution in [2.45, 2.75) is 25.3 Å². The highest BCUT2D eigenvalue weighted by molar-refractivity contribution is 6.30. The lowest BCUT2D eigenvalue weighted by atomic mass is 9.85. The lowest BCUT2D eigenvalue weighted by molar-refractivity contribution is -0.155. The third-order valence-corrected chi connectivity index (χ3v) is 4.48. The summed E-state index contributed by atoms with van der Waals surface area (Å²) in [5.41, 5.74) is 0.555. The van der Waals surface area contributed by atoms with Crippen molar-refractivity contribution in [2.24, 2.45) is 11.8 Å². The molecule has 2 aliphatic rings. The largest absolute Gasteiger partial charge is 0.480 e. The maximum atomic E-state index is 12.5. The summed E-state index contributed by atoms with van der Waals surface area (Å²) in [6, 6.07) is -1.23. The Labute approximate surface area is 131 Å². The lowest BCUT2D eigenvalue weighted by Gasteiger charge is -2.22. The van der Waals surface area contributed by atoms with E-state index in [0.717, 1.165) is 4.90 Å². The summed E-state index contributed by atoms with van der Waals surface area (Å²) >= 11 is 5.95. The van der Waals surface area contributed by atoms with Crippen molar-refractivity contribution >= 4 is 29.4 Å². The minimum Gasteiger partial charge on any atom is -0.480 e. The molecule has 116 valence electrons. The number of carboxylic acids is 1. The number of allylic oxidation sites excluding steroid dienone is 2. The van der Waals surface area contributed by atoms with Crippen molar-refractivity contribution in [2.75, 3.05) is 0 Å². The van der Waals surface area contributed by atoms with Gasteiger partial charge in [-0.1, -0.05) is 17.7 Å². The van der Waals surface area contributed by atoms with E-state index in [-0.39, 0.29) is 6.42 Å². The van der Waals surface area contributed by atoms with Crippen LogP contribution in [0.1, 0.15) is 18.5 Å². The second-order valence-electron chi connectivity index (χ2n) is 5.49. The summed E-state index contributed by atoms with van der Waals surface area (Å²) in [6.45, 7) is 0. The number of imidazole rings is 1. The summed E-state index contributed by atoms with van der Waals surface area (Å²) in [6.07, 6.45) is 5.30. The predicted octanol–water partition coefficient (Wildman–Crippen LogP) is 0.923. The average Bonchev–Trinajstić information content (AvgIpc) is 3.05. The molecule has 2 N–H and O–H groups in total. The molecule has 0 spiro atoms. The van der Waals surface area contributed by atoms with Crippen molar-refractivity contribution in [3.8, 4) is 0 Å². The molecule has 2 heterocycles. The maximum Gasteiger partial charge on any atom is 0.327 e. The van der Waals surface area contributed by atoms with E-state index in [4.69, 9.17) is 11.6 Å². The SMILES string of the molecule is O=C(O)C(Cc1cnc[nH]1)N1C(=O)C2CC=C(Cl)CC2C1=O. The van der Waals surface area contributed by atoms with Gasteiger partial charge in [-0.3, -0.25) is 14.5 Å². The third kappa shape index (κ3) is 2.41. The van der Waals surface area contributed by atoms with E-state index in [0.29, 0.717) is 23.6 Å². The first-order chi connectivity index (χ1) is 10.5. The van der Waals surface area contributed by atoms with E-state index in [1.807, 2.05) is 0 Å². The molecule has 0 radical (unpaired) electrons. The van der Waals surface area contributed by atoms with Crippen LogP contribution in [0.4, 0.5) is 0 Å². The molecular weight excluding hydrogens is 310 g/mol. The van der Waals surface area contributed by atoms with E-state index in [9.17, 15) is 19.5 Å². The topological polar surface area (TPSA) is 103 Å². The number of fused-ring (bicyclic) bond motifs is 1. The molecule has 0 saturated carbocycles. The fourth-order valence-electron chi connectivity index (χ4n) is 3.05. The van der Waals surface area contributed by atoms with Gasteiger partial charge in [0.05, 0.1) is 18.2 Å². The molecule has 1 aromatic heterocycles. The molecule has 1 aromatic rings. The van der Waals surface area contributed by atoms with Crippen LogP contribution >= 0.6 is 11.6 Å². The number of imide groups is 1. The Bertz CT molecular complexity index is 655. The summed E-state index contributed by atoms with van der Waals surface area (Å²) in [4.78, 5) is 44.0. The van der Waals surface area contributed by atoms with Gasteiger partial charge in [-0.2, -0.15) is 0 Å². The Morgan fingerprint density at radius 3 is 2.82 bits per heavy atom. The zero-order chi connectivity index (χ0) is 15.9. The number of aromatic nitrogens is 2. The quantitative estimate of drug-likeness (QED) is 0.802.